The van der Waals surface area contributed by atoms with Gasteiger partial charge in [0.1, 0.15) is 5.60 Å². The molecule has 0 bridgehead atoms. The quantitative estimate of drug-likeness (QED) is 0.659. The Morgan fingerprint density at radius 1 is 1.12 bits per heavy atom. The lowest BCUT2D eigenvalue weighted by atomic mass is 9.89. The zero-order valence-electron chi connectivity index (χ0n) is 10.6. The van der Waals surface area contributed by atoms with Crippen molar-refractivity contribution in [3.8, 4) is 0 Å². The molecule has 0 spiro atoms. The van der Waals surface area contributed by atoms with Crippen LogP contribution in [-0.2, 0) is 9.53 Å². The van der Waals surface area contributed by atoms with Crippen molar-refractivity contribution < 1.29 is 22.7 Å². The average molecular weight is 254 g/mol. The zero-order chi connectivity index (χ0) is 13.5. The smallest absolute Gasteiger partial charge is 0.379 e. The number of esters is 1. The van der Waals surface area contributed by atoms with Gasteiger partial charge in [-0.15, -0.1) is 0 Å². The fourth-order valence-electron chi connectivity index (χ4n) is 1.72. The molecule has 2 nitrogen and oxygen atoms in total. The van der Waals surface area contributed by atoms with Crippen LogP contribution >= 0.6 is 0 Å². The highest BCUT2D eigenvalue weighted by Crippen LogP contribution is 2.26. The van der Waals surface area contributed by atoms with Gasteiger partial charge in [0.25, 0.3) is 0 Å². The molecule has 1 aliphatic rings. The number of halogens is 3. The first-order valence-corrected chi connectivity index (χ1v) is 5.87. The van der Waals surface area contributed by atoms with Gasteiger partial charge in [-0.25, -0.2) is 0 Å². The summed E-state index contributed by atoms with van der Waals surface area (Å²) in [5.74, 6) is 0.181. The normalized spacial score (nSPS) is 17.4. The first kappa shape index (κ1) is 16.3. The van der Waals surface area contributed by atoms with Crippen molar-refractivity contribution in [1.82, 2.24) is 0 Å². The zero-order valence-corrected chi connectivity index (χ0v) is 10.6. The van der Waals surface area contributed by atoms with E-state index in [0.717, 1.165) is 12.8 Å². The first-order valence-electron chi connectivity index (χ1n) is 5.87. The molecule has 1 fully saturated rings. The molecule has 0 aromatic heterocycles. The fourth-order valence-corrected chi connectivity index (χ4v) is 1.72. The molecule has 17 heavy (non-hydrogen) atoms. The van der Waals surface area contributed by atoms with Crippen LogP contribution in [0.1, 0.15) is 52.9 Å². The van der Waals surface area contributed by atoms with Gasteiger partial charge in [0.2, 0.25) is 0 Å². The number of hydrogen-bond donors (Lipinski definition) is 0. The predicted octanol–water partition coefficient (Wildman–Crippen LogP) is 4.09. The molecular weight excluding hydrogens is 233 g/mol. The minimum Gasteiger partial charge on any atom is -0.460 e. The van der Waals surface area contributed by atoms with Crippen LogP contribution in [0, 0.1) is 5.92 Å². The monoisotopic (exact) mass is 254 g/mol. The Kier molecular flexibility index (Phi) is 7.23. The highest BCUT2D eigenvalue weighted by Gasteiger charge is 2.26. The Hall–Kier alpha value is -0.740. The maximum atomic E-state index is 11.6. The van der Waals surface area contributed by atoms with E-state index in [4.69, 9.17) is 4.74 Å². The van der Waals surface area contributed by atoms with E-state index in [9.17, 15) is 18.0 Å². The summed E-state index contributed by atoms with van der Waals surface area (Å²) in [5, 5.41) is 0. The van der Waals surface area contributed by atoms with Crippen LogP contribution in [0.2, 0.25) is 0 Å². The number of carbonyl (C=O) groups is 1. The van der Waals surface area contributed by atoms with Crippen LogP contribution in [0.15, 0.2) is 0 Å². The molecule has 0 saturated heterocycles. The van der Waals surface area contributed by atoms with Gasteiger partial charge < -0.3 is 4.74 Å². The van der Waals surface area contributed by atoms with Crippen LogP contribution in [0.5, 0.6) is 0 Å². The van der Waals surface area contributed by atoms with Crippen LogP contribution in [0.3, 0.4) is 0 Å². The molecule has 0 unspecified atom stereocenters. The fraction of sp³-hybridized carbons (Fsp3) is 0.917. The van der Waals surface area contributed by atoms with E-state index < -0.39 is 6.68 Å². The third-order valence-corrected chi connectivity index (χ3v) is 2.35. The topological polar surface area (TPSA) is 26.3 Å². The molecule has 0 atom stereocenters. The average Bonchev–Trinajstić information content (AvgIpc) is 2.15. The van der Waals surface area contributed by atoms with Crippen molar-refractivity contribution in [2.75, 3.05) is 0 Å². The summed E-state index contributed by atoms with van der Waals surface area (Å²) in [7, 11) is 0. The van der Waals surface area contributed by atoms with E-state index in [2.05, 4.69) is 0 Å². The Bertz CT molecular complexity index is 216. The molecule has 0 amide bonds. The third kappa shape index (κ3) is 10.1. The molecule has 102 valence electrons. The number of carbonyl (C=O) groups excluding carboxylic acids is 1. The second-order valence-corrected chi connectivity index (χ2v) is 5.12. The molecule has 1 aliphatic carbocycles. The molecule has 0 aliphatic heterocycles. The molecule has 0 aromatic rings. The van der Waals surface area contributed by atoms with Gasteiger partial charge in [-0.05, 0) is 33.6 Å². The summed E-state index contributed by atoms with van der Waals surface area (Å²) in [6, 6.07) is 0. The molecule has 0 aromatic carbocycles. The predicted molar refractivity (Wildman–Crippen MR) is 59.5 cm³/mol. The molecule has 1 saturated carbocycles. The van der Waals surface area contributed by atoms with Gasteiger partial charge in [-0.3, -0.25) is 4.79 Å². The van der Waals surface area contributed by atoms with Gasteiger partial charge in [-0.1, -0.05) is 19.3 Å². The van der Waals surface area contributed by atoms with Crippen LogP contribution in [0.25, 0.3) is 0 Å². The second-order valence-electron chi connectivity index (χ2n) is 5.12. The third-order valence-electron chi connectivity index (χ3n) is 2.35. The molecule has 5 heteroatoms. The number of ether oxygens (including phenoxy) is 1. The summed E-state index contributed by atoms with van der Waals surface area (Å²) in [4.78, 5) is 11.6. The van der Waals surface area contributed by atoms with Gasteiger partial charge in [-0.2, -0.15) is 13.2 Å². The summed E-state index contributed by atoms with van der Waals surface area (Å²) < 4.78 is 34.3. The maximum absolute atomic E-state index is 11.6. The van der Waals surface area contributed by atoms with Crippen molar-refractivity contribution in [3.05, 3.63) is 0 Å². The lowest BCUT2D eigenvalue weighted by Gasteiger charge is -2.25. The first-order chi connectivity index (χ1) is 7.72. The number of rotatable bonds is 1. The minimum atomic E-state index is -3.67. The molecule has 0 radical (unpaired) electrons. The maximum Gasteiger partial charge on any atom is 0.379 e. The van der Waals surface area contributed by atoms with E-state index in [1.54, 1.807) is 0 Å². The van der Waals surface area contributed by atoms with E-state index in [0.29, 0.717) is 0 Å². The van der Waals surface area contributed by atoms with E-state index >= 15 is 0 Å². The van der Waals surface area contributed by atoms with Crippen LogP contribution in [0.4, 0.5) is 13.2 Å². The standard InChI is InChI=1S/C11H20O2.CHF3/c1-11(2,3)13-10(12)9-7-5-4-6-8-9;2-1(3)4/h9H,4-8H2,1-3H3;1H. The molecular formula is C12H21F3O2. The van der Waals surface area contributed by atoms with Crippen LogP contribution < -0.4 is 0 Å². The van der Waals surface area contributed by atoms with E-state index in [1.807, 2.05) is 20.8 Å². The van der Waals surface area contributed by atoms with Gasteiger partial charge in [0, 0.05) is 0 Å². The second kappa shape index (κ2) is 7.56. The van der Waals surface area contributed by atoms with Crippen molar-refractivity contribution in [2.45, 2.75) is 65.2 Å². The Balaban J connectivity index is 0.000000557. The van der Waals surface area contributed by atoms with Gasteiger partial charge >= 0.3 is 12.6 Å². The largest absolute Gasteiger partial charge is 0.460 e. The molecule has 0 heterocycles. The van der Waals surface area contributed by atoms with Gasteiger partial charge in [0.15, 0.2) is 0 Å². The Labute approximate surface area is 101 Å². The highest BCUT2D eigenvalue weighted by atomic mass is 19.4. The molecule has 0 N–H and O–H groups in total. The summed E-state index contributed by atoms with van der Waals surface area (Å²) in [6.45, 7) is 2.11. The highest BCUT2D eigenvalue weighted by molar-refractivity contribution is 5.72. The Morgan fingerprint density at radius 3 is 1.88 bits per heavy atom. The van der Waals surface area contributed by atoms with Crippen molar-refractivity contribution in [2.24, 2.45) is 5.92 Å². The number of alkyl halides is 3. The molecule has 1 rings (SSSR count). The van der Waals surface area contributed by atoms with Crippen molar-refractivity contribution in [1.29, 1.82) is 0 Å². The van der Waals surface area contributed by atoms with Crippen molar-refractivity contribution in [3.63, 3.8) is 0 Å². The number of hydrogen-bond acceptors (Lipinski definition) is 2. The van der Waals surface area contributed by atoms with Crippen LogP contribution in [-0.4, -0.2) is 18.2 Å². The van der Waals surface area contributed by atoms with Gasteiger partial charge in [0.05, 0.1) is 5.92 Å². The summed E-state index contributed by atoms with van der Waals surface area (Å²) in [6.07, 6.45) is 5.69. The van der Waals surface area contributed by atoms with E-state index in [-0.39, 0.29) is 17.5 Å². The minimum absolute atomic E-state index is 0.00667. The lowest BCUT2D eigenvalue weighted by Crippen LogP contribution is -2.29. The summed E-state index contributed by atoms with van der Waals surface area (Å²) in [5.41, 5.74) is -0.325. The van der Waals surface area contributed by atoms with Crippen molar-refractivity contribution >= 4 is 5.97 Å². The van der Waals surface area contributed by atoms with E-state index in [1.165, 1.54) is 19.3 Å². The summed E-state index contributed by atoms with van der Waals surface area (Å²) >= 11 is 0. The SMILES string of the molecule is CC(C)(C)OC(=O)C1CCCCC1.FC(F)F. The Morgan fingerprint density at radius 2 is 1.53 bits per heavy atom. The lowest BCUT2D eigenvalue weighted by molar-refractivity contribution is -0.161.